The van der Waals surface area contributed by atoms with E-state index >= 15 is 0 Å². The molecule has 2 saturated heterocycles. The van der Waals surface area contributed by atoms with Crippen molar-refractivity contribution in [1.82, 2.24) is 35.4 Å². The number of hydrogen-bond acceptors (Lipinski definition) is 8. The second-order valence-electron chi connectivity index (χ2n) is 16.4. The Morgan fingerprint density at radius 2 is 1.34 bits per heavy atom. The van der Waals surface area contributed by atoms with Crippen LogP contribution in [0.15, 0.2) is 66.9 Å². The first kappa shape index (κ1) is 42.0. The van der Waals surface area contributed by atoms with Gasteiger partial charge in [0.25, 0.3) is 0 Å². The van der Waals surface area contributed by atoms with Crippen LogP contribution in [0, 0.1) is 5.92 Å². The maximum Gasteiger partial charge on any atom is 0.407 e. The lowest BCUT2D eigenvalue weighted by Crippen LogP contribution is -2.52. The predicted molar refractivity (Wildman–Crippen MR) is 221 cm³/mol. The number of H-pyrrole nitrogens is 2. The summed E-state index contributed by atoms with van der Waals surface area (Å²) in [4.78, 5) is 66.6. The Balaban J connectivity index is 1.07. The summed E-state index contributed by atoms with van der Waals surface area (Å²) in [5, 5.41) is 5.36. The fraction of sp³-hybridized carbons (Fsp3) is 0.477. The summed E-state index contributed by atoms with van der Waals surface area (Å²) in [6, 6.07) is 19.1. The van der Waals surface area contributed by atoms with Crippen molar-refractivity contribution in [3.63, 3.8) is 0 Å². The molecule has 58 heavy (non-hydrogen) atoms. The predicted octanol–water partition coefficient (Wildman–Crippen LogP) is 6.86. The molecule has 0 aliphatic carbocycles. The Labute approximate surface area is 340 Å². The Morgan fingerprint density at radius 3 is 1.97 bits per heavy atom. The molecule has 2 aliphatic heterocycles. The van der Waals surface area contributed by atoms with Crippen LogP contribution in [0.25, 0.3) is 33.6 Å². The molecule has 2 aliphatic rings. The van der Waals surface area contributed by atoms with E-state index in [1.807, 2.05) is 39.5 Å². The number of likely N-dealkylation sites (tertiary alicyclic amines) is 2. The molecular formula is C44H57N7O7. The van der Waals surface area contributed by atoms with E-state index < -0.39 is 29.9 Å². The van der Waals surface area contributed by atoms with E-state index in [0.717, 1.165) is 65.0 Å². The molecule has 0 bridgehead atoms. The lowest BCUT2D eigenvalue weighted by atomic mass is 10.0. The van der Waals surface area contributed by atoms with Crippen molar-refractivity contribution in [2.24, 2.45) is 5.92 Å². The van der Waals surface area contributed by atoms with Crippen molar-refractivity contribution in [3.05, 3.63) is 78.4 Å². The summed E-state index contributed by atoms with van der Waals surface area (Å²) in [6.07, 6.45) is 4.61. The number of ether oxygens (including phenoxy) is 3. The normalized spacial score (nSPS) is 17.9. The number of rotatable bonds is 13. The van der Waals surface area contributed by atoms with E-state index in [-0.39, 0.29) is 36.4 Å². The number of aromatic nitrogens is 3. The molecule has 0 spiro atoms. The van der Waals surface area contributed by atoms with Crippen molar-refractivity contribution in [1.29, 1.82) is 0 Å². The van der Waals surface area contributed by atoms with Crippen LogP contribution in [-0.4, -0.2) is 106 Å². The fourth-order valence-electron chi connectivity index (χ4n) is 7.76. The molecule has 1 unspecified atom stereocenters. The van der Waals surface area contributed by atoms with Gasteiger partial charge in [0.1, 0.15) is 17.9 Å². The zero-order valence-corrected chi connectivity index (χ0v) is 34.6. The number of aromatic amines is 2. The molecular weight excluding hydrogens is 739 g/mol. The van der Waals surface area contributed by atoms with Crippen LogP contribution < -0.4 is 10.6 Å². The van der Waals surface area contributed by atoms with Crippen LogP contribution in [0.2, 0.25) is 0 Å². The first-order chi connectivity index (χ1) is 27.7. The van der Waals surface area contributed by atoms with Gasteiger partial charge >= 0.3 is 12.2 Å². The monoisotopic (exact) mass is 795 g/mol. The Kier molecular flexibility index (Phi) is 13.3. The van der Waals surface area contributed by atoms with Gasteiger partial charge in [-0.25, -0.2) is 14.6 Å². The molecule has 310 valence electrons. The van der Waals surface area contributed by atoms with Gasteiger partial charge in [0.15, 0.2) is 0 Å². The van der Waals surface area contributed by atoms with Gasteiger partial charge in [-0.2, -0.15) is 0 Å². The molecule has 4 atom stereocenters. The molecule has 4 amide bonds. The molecule has 2 aromatic heterocycles. The van der Waals surface area contributed by atoms with Crippen LogP contribution >= 0.6 is 0 Å². The summed E-state index contributed by atoms with van der Waals surface area (Å²) in [6.45, 7) is 10.8. The molecule has 2 aromatic carbocycles. The molecule has 4 aromatic rings. The second-order valence-corrected chi connectivity index (χ2v) is 16.4. The number of nitrogens with zero attached hydrogens (tertiary/aromatic N) is 3. The van der Waals surface area contributed by atoms with Gasteiger partial charge in [-0.15, -0.1) is 0 Å². The highest BCUT2D eigenvalue weighted by Crippen LogP contribution is 2.33. The molecule has 0 radical (unpaired) electrons. The van der Waals surface area contributed by atoms with Crippen molar-refractivity contribution in [2.45, 2.75) is 96.5 Å². The Hall–Kier alpha value is -5.63. The average Bonchev–Trinajstić information content (AvgIpc) is 4.05. The van der Waals surface area contributed by atoms with Gasteiger partial charge in [0.05, 0.1) is 44.4 Å². The van der Waals surface area contributed by atoms with E-state index in [1.54, 1.807) is 11.1 Å². The van der Waals surface area contributed by atoms with Crippen LogP contribution in [0.4, 0.5) is 9.59 Å². The van der Waals surface area contributed by atoms with Crippen LogP contribution in [0.1, 0.15) is 77.9 Å². The molecule has 4 heterocycles. The molecule has 6 rings (SSSR count). The molecule has 14 heteroatoms. The topological polar surface area (TPSA) is 171 Å². The molecule has 14 nitrogen and oxygen atoms in total. The number of methoxy groups -OCH3 is 2. The largest absolute Gasteiger partial charge is 0.453 e. The smallest absolute Gasteiger partial charge is 0.407 e. The number of amides is 4. The van der Waals surface area contributed by atoms with Gasteiger partial charge in [-0.3, -0.25) is 9.59 Å². The fourth-order valence-corrected chi connectivity index (χ4v) is 7.76. The first-order valence-corrected chi connectivity index (χ1v) is 20.1. The van der Waals surface area contributed by atoms with E-state index in [4.69, 9.17) is 14.2 Å². The second kappa shape index (κ2) is 18.3. The van der Waals surface area contributed by atoms with Gasteiger partial charge in [0, 0.05) is 36.9 Å². The van der Waals surface area contributed by atoms with Crippen LogP contribution in [0.3, 0.4) is 0 Å². The van der Waals surface area contributed by atoms with E-state index in [2.05, 4.69) is 86.2 Å². The lowest BCUT2D eigenvalue weighted by molar-refractivity contribution is -0.137. The third-order valence-corrected chi connectivity index (χ3v) is 10.9. The molecule has 2 fully saturated rings. The minimum Gasteiger partial charge on any atom is -0.453 e. The van der Waals surface area contributed by atoms with Gasteiger partial charge in [-0.05, 0) is 86.8 Å². The van der Waals surface area contributed by atoms with Crippen molar-refractivity contribution < 1.29 is 33.4 Å². The highest BCUT2D eigenvalue weighted by Gasteiger charge is 2.38. The van der Waals surface area contributed by atoms with Gasteiger partial charge < -0.3 is 44.6 Å². The first-order valence-electron chi connectivity index (χ1n) is 20.1. The standard InChI is InChI=1S/C44H57N7O7/c1-27(2)38(49-43(55)57-7)41(53)50-22-8-10-33(50)24-32-20-21-34(46-32)30-16-12-28(13-17-30)29-14-18-31(19-15-29)35-25-45-39(47-35)37-11-9-23-51(37)40(52)36(48-42(54)56-6)26-58-44(3,4)5/h12-21,25,27,33,36-38,46H,8-11,22-24,26H2,1-7H3,(H,45,47)(H,48,54)(H,49,55)/t33-,36-,37-,38?/m0/s1. The number of hydrogen-bond donors (Lipinski definition) is 4. The average molecular weight is 796 g/mol. The van der Waals surface area contributed by atoms with Crippen molar-refractivity contribution in [3.8, 4) is 33.6 Å². The van der Waals surface area contributed by atoms with E-state index in [1.165, 1.54) is 14.2 Å². The van der Waals surface area contributed by atoms with E-state index in [9.17, 15) is 19.2 Å². The van der Waals surface area contributed by atoms with Crippen molar-refractivity contribution >= 4 is 24.0 Å². The number of alkyl carbamates (subject to hydrolysis) is 2. The summed E-state index contributed by atoms with van der Waals surface area (Å²) in [7, 11) is 2.57. The number of carbonyl (C=O) groups excluding carboxylic acids is 4. The number of benzene rings is 2. The molecule has 0 saturated carbocycles. The lowest BCUT2D eigenvalue weighted by Gasteiger charge is -2.30. The van der Waals surface area contributed by atoms with Gasteiger partial charge in [-0.1, -0.05) is 62.4 Å². The number of imidazole rings is 1. The highest BCUT2D eigenvalue weighted by molar-refractivity contribution is 5.87. The maximum atomic E-state index is 13.7. The highest BCUT2D eigenvalue weighted by atomic mass is 16.5. The van der Waals surface area contributed by atoms with Crippen molar-refractivity contribution in [2.75, 3.05) is 33.9 Å². The number of nitrogens with one attached hydrogen (secondary N) is 4. The molecule has 4 N–H and O–H groups in total. The summed E-state index contributed by atoms with van der Waals surface area (Å²) in [5.41, 5.74) is 6.61. The SMILES string of the molecule is COC(=O)NC(C(=O)N1CCC[C@H]1Cc1ccc(-c2ccc(-c3ccc(-c4cnc([C@@H]5CCCN5C(=O)[C@H](COC(C)(C)C)NC(=O)OC)[nH]4)cc3)cc2)[nH]1)C(C)C. The Bertz CT molecular complexity index is 2030. The summed E-state index contributed by atoms with van der Waals surface area (Å²) < 4.78 is 15.4. The summed E-state index contributed by atoms with van der Waals surface area (Å²) >= 11 is 0. The zero-order chi connectivity index (χ0) is 41.6. The van der Waals surface area contributed by atoms with Crippen LogP contribution in [-0.2, 0) is 30.2 Å². The number of carbonyl (C=O) groups is 4. The van der Waals surface area contributed by atoms with Gasteiger partial charge in [0.2, 0.25) is 11.8 Å². The maximum absolute atomic E-state index is 13.7. The zero-order valence-electron chi connectivity index (χ0n) is 34.6. The van der Waals surface area contributed by atoms with Crippen LogP contribution in [0.5, 0.6) is 0 Å². The third-order valence-electron chi connectivity index (χ3n) is 10.9. The third kappa shape index (κ3) is 10.1. The quantitative estimate of drug-likeness (QED) is 0.114. The minimum absolute atomic E-state index is 0.0234. The van der Waals surface area contributed by atoms with E-state index in [0.29, 0.717) is 25.3 Å². The minimum atomic E-state index is -0.891. The summed E-state index contributed by atoms with van der Waals surface area (Å²) in [5.74, 6) is 0.324. The Morgan fingerprint density at radius 1 is 0.759 bits per heavy atom.